The van der Waals surface area contributed by atoms with Crippen LogP contribution in [0, 0.1) is 5.92 Å². The zero-order chi connectivity index (χ0) is 23.3. The van der Waals surface area contributed by atoms with Crippen LogP contribution in [0.15, 0.2) is 30.5 Å². The van der Waals surface area contributed by atoms with Crippen LogP contribution in [0.5, 0.6) is 5.75 Å². The molecule has 1 atom stereocenters. The van der Waals surface area contributed by atoms with Crippen molar-refractivity contribution in [2.45, 2.75) is 25.1 Å². The number of benzene rings is 1. The van der Waals surface area contributed by atoms with E-state index in [1.54, 1.807) is 18.3 Å². The number of hydrogen-bond acceptors (Lipinski definition) is 6. The molecule has 1 aromatic heterocycles. The van der Waals surface area contributed by atoms with Gasteiger partial charge in [0.15, 0.2) is 0 Å². The van der Waals surface area contributed by atoms with Gasteiger partial charge in [-0.2, -0.15) is 13.2 Å². The van der Waals surface area contributed by atoms with Gasteiger partial charge in [-0.1, -0.05) is 23.2 Å². The molecule has 0 bridgehead atoms. The van der Waals surface area contributed by atoms with Gasteiger partial charge < -0.3 is 26.6 Å². The number of carbonyl (C=O) groups is 1. The van der Waals surface area contributed by atoms with Crippen molar-refractivity contribution in [2.24, 2.45) is 11.7 Å². The number of nitrogens with zero attached hydrogens (tertiary/aromatic N) is 2. The number of aliphatic carboxylic acids is 1. The number of carboxylic acid groups (broad SMARTS) is 1. The summed E-state index contributed by atoms with van der Waals surface area (Å²) < 4.78 is 31.7. The van der Waals surface area contributed by atoms with E-state index < -0.39 is 12.1 Å². The zero-order valence-electron chi connectivity index (χ0n) is 16.1. The normalized spacial score (nSPS) is 15.7. The van der Waals surface area contributed by atoms with Gasteiger partial charge in [-0.25, -0.2) is 9.78 Å². The SMILES string of the molecule is Nc1ccnc(N2CCC([C@@H](N)c3cc(Cl)c(Cl)cc3O)CC2)c1.O=C(O)C(F)(F)F. The Morgan fingerprint density at radius 2 is 1.74 bits per heavy atom. The van der Waals surface area contributed by atoms with E-state index in [1.807, 2.05) is 6.07 Å². The number of nitrogens with two attached hydrogens (primary N) is 2. The summed E-state index contributed by atoms with van der Waals surface area (Å²) in [4.78, 5) is 15.5. The van der Waals surface area contributed by atoms with Crippen molar-refractivity contribution in [1.29, 1.82) is 0 Å². The van der Waals surface area contributed by atoms with Crippen molar-refractivity contribution in [2.75, 3.05) is 23.7 Å². The van der Waals surface area contributed by atoms with Gasteiger partial charge >= 0.3 is 12.1 Å². The van der Waals surface area contributed by atoms with Crippen molar-refractivity contribution < 1.29 is 28.2 Å². The number of phenolic OH excluding ortho intramolecular Hbond substituents is 1. The second-order valence-electron chi connectivity index (χ2n) is 6.93. The Morgan fingerprint density at radius 3 is 2.26 bits per heavy atom. The lowest BCUT2D eigenvalue weighted by Crippen LogP contribution is -2.38. The predicted molar refractivity (Wildman–Crippen MR) is 112 cm³/mol. The largest absolute Gasteiger partial charge is 0.508 e. The Labute approximate surface area is 186 Å². The number of anilines is 2. The molecule has 0 spiro atoms. The first-order chi connectivity index (χ1) is 14.4. The van der Waals surface area contributed by atoms with Gasteiger partial charge in [0.25, 0.3) is 0 Å². The number of phenols is 1. The fraction of sp³-hybridized carbons (Fsp3) is 0.368. The second-order valence-corrected chi connectivity index (χ2v) is 7.74. The van der Waals surface area contributed by atoms with Gasteiger partial charge in [0.1, 0.15) is 11.6 Å². The maximum absolute atomic E-state index is 10.6. The van der Waals surface area contributed by atoms with Crippen LogP contribution in [0.4, 0.5) is 24.7 Å². The van der Waals surface area contributed by atoms with Crippen LogP contribution in [0.3, 0.4) is 0 Å². The number of hydrogen-bond donors (Lipinski definition) is 4. The van der Waals surface area contributed by atoms with Gasteiger partial charge in [0.05, 0.1) is 10.0 Å². The second kappa shape index (κ2) is 10.3. The monoisotopic (exact) mass is 480 g/mol. The van der Waals surface area contributed by atoms with Crippen LogP contribution in [0.25, 0.3) is 0 Å². The maximum Gasteiger partial charge on any atom is 0.490 e. The molecule has 170 valence electrons. The first-order valence-corrected chi connectivity index (χ1v) is 9.85. The highest BCUT2D eigenvalue weighted by atomic mass is 35.5. The Morgan fingerprint density at radius 1 is 1.19 bits per heavy atom. The summed E-state index contributed by atoms with van der Waals surface area (Å²) >= 11 is 12.0. The Bertz CT molecular complexity index is 923. The molecule has 1 aromatic carbocycles. The average Bonchev–Trinajstić information content (AvgIpc) is 2.70. The first-order valence-electron chi connectivity index (χ1n) is 9.10. The topological polar surface area (TPSA) is 126 Å². The van der Waals surface area contributed by atoms with Crippen molar-refractivity contribution in [3.63, 3.8) is 0 Å². The molecule has 6 N–H and O–H groups in total. The molecular weight excluding hydrogens is 460 g/mol. The van der Waals surface area contributed by atoms with Crippen LogP contribution in [-0.4, -0.2) is 40.4 Å². The Kier molecular flexibility index (Phi) is 8.21. The van der Waals surface area contributed by atoms with Crippen molar-refractivity contribution in [3.05, 3.63) is 46.1 Å². The van der Waals surface area contributed by atoms with E-state index in [1.165, 1.54) is 6.07 Å². The highest BCUT2D eigenvalue weighted by molar-refractivity contribution is 6.42. The van der Waals surface area contributed by atoms with Crippen molar-refractivity contribution in [3.8, 4) is 5.75 Å². The van der Waals surface area contributed by atoms with Crippen LogP contribution >= 0.6 is 23.2 Å². The van der Waals surface area contributed by atoms with Crippen LogP contribution in [-0.2, 0) is 4.79 Å². The molecule has 31 heavy (non-hydrogen) atoms. The van der Waals surface area contributed by atoms with Gasteiger partial charge in [-0.3, -0.25) is 0 Å². The smallest absolute Gasteiger partial charge is 0.490 e. The van der Waals surface area contributed by atoms with Crippen LogP contribution in [0.2, 0.25) is 10.0 Å². The number of piperidine rings is 1. The fourth-order valence-corrected chi connectivity index (χ4v) is 3.50. The van der Waals surface area contributed by atoms with Crippen LogP contribution in [0.1, 0.15) is 24.4 Å². The summed E-state index contributed by atoms with van der Waals surface area (Å²) in [5, 5.41) is 18.0. The molecule has 1 fully saturated rings. The Balaban J connectivity index is 0.000000423. The summed E-state index contributed by atoms with van der Waals surface area (Å²) in [6, 6.07) is 6.49. The van der Waals surface area contributed by atoms with E-state index in [2.05, 4.69) is 9.88 Å². The van der Waals surface area contributed by atoms with Gasteiger partial charge in [0.2, 0.25) is 0 Å². The van der Waals surface area contributed by atoms with Gasteiger partial charge in [-0.05, 0) is 30.9 Å². The van der Waals surface area contributed by atoms with Gasteiger partial charge in [0, 0.05) is 48.7 Å². The minimum Gasteiger partial charge on any atom is -0.508 e. The molecule has 0 amide bonds. The molecule has 1 saturated heterocycles. The number of carboxylic acids is 1. The lowest BCUT2D eigenvalue weighted by molar-refractivity contribution is -0.192. The summed E-state index contributed by atoms with van der Waals surface area (Å²) in [6.07, 6.45) is -1.56. The number of aromatic hydroxyl groups is 1. The molecule has 0 saturated carbocycles. The minimum atomic E-state index is -5.08. The molecule has 7 nitrogen and oxygen atoms in total. The molecule has 0 unspecified atom stereocenters. The molecule has 2 aromatic rings. The van der Waals surface area contributed by atoms with E-state index in [0.717, 1.165) is 31.7 Å². The van der Waals surface area contributed by atoms with Crippen molar-refractivity contribution in [1.82, 2.24) is 4.98 Å². The standard InChI is InChI=1S/C17H20Cl2N4O.C2HF3O2/c18-13-8-12(15(24)9-14(13)19)17(21)10-2-5-23(6-3-10)16-7-11(20)1-4-22-16;3-2(4,5)1(6)7/h1,4,7-10,17,24H,2-3,5-6,21H2,(H2,20,22);(H,6,7)/t17-;/m1./s1. The molecule has 3 rings (SSSR count). The highest BCUT2D eigenvalue weighted by Crippen LogP contribution is 2.38. The van der Waals surface area contributed by atoms with E-state index in [9.17, 15) is 18.3 Å². The third kappa shape index (κ3) is 6.78. The van der Waals surface area contributed by atoms with E-state index in [4.69, 9.17) is 44.6 Å². The average molecular weight is 481 g/mol. The highest BCUT2D eigenvalue weighted by Gasteiger charge is 2.38. The number of alkyl halides is 3. The molecular formula is C19H21Cl2F3N4O3. The first kappa shape index (κ1) is 24.8. The number of halogens is 5. The van der Waals surface area contributed by atoms with Crippen LogP contribution < -0.4 is 16.4 Å². The third-order valence-corrected chi connectivity index (χ3v) is 5.53. The number of rotatable bonds is 3. The van der Waals surface area contributed by atoms with Gasteiger partial charge in [-0.15, -0.1) is 0 Å². The number of pyridine rings is 1. The lowest BCUT2D eigenvalue weighted by atomic mass is 9.85. The summed E-state index contributed by atoms with van der Waals surface area (Å²) in [6.45, 7) is 1.69. The zero-order valence-corrected chi connectivity index (χ0v) is 17.6. The number of aromatic nitrogens is 1. The Hall–Kier alpha value is -2.43. The maximum atomic E-state index is 10.6. The summed E-state index contributed by atoms with van der Waals surface area (Å²) in [5.74, 6) is -1.52. The van der Waals surface area contributed by atoms with E-state index in [0.29, 0.717) is 21.3 Å². The quantitative estimate of drug-likeness (QED) is 0.517. The molecule has 0 aliphatic carbocycles. The molecule has 1 aliphatic heterocycles. The van der Waals surface area contributed by atoms with E-state index >= 15 is 0 Å². The molecule has 0 radical (unpaired) electrons. The summed E-state index contributed by atoms with van der Waals surface area (Å²) in [5.41, 5.74) is 13.6. The van der Waals surface area contributed by atoms with Crippen molar-refractivity contribution >= 4 is 40.7 Å². The number of nitrogen functional groups attached to an aromatic ring is 1. The molecule has 2 heterocycles. The summed E-state index contributed by atoms with van der Waals surface area (Å²) in [7, 11) is 0. The fourth-order valence-electron chi connectivity index (χ4n) is 3.17. The molecule has 1 aliphatic rings. The molecule has 12 heteroatoms. The predicted octanol–water partition coefficient (Wildman–Crippen LogP) is 4.23. The minimum absolute atomic E-state index is 0.0943. The third-order valence-electron chi connectivity index (χ3n) is 4.81. The van der Waals surface area contributed by atoms with E-state index in [-0.39, 0.29) is 17.7 Å². The lowest BCUT2D eigenvalue weighted by Gasteiger charge is -2.35.